The van der Waals surface area contributed by atoms with Gasteiger partial charge in [-0.25, -0.2) is 0 Å². The summed E-state index contributed by atoms with van der Waals surface area (Å²) in [7, 11) is 0. The molecule has 1 aromatic carbocycles. The molecule has 0 saturated carbocycles. The van der Waals surface area contributed by atoms with E-state index in [1.54, 1.807) is 12.1 Å². The van der Waals surface area contributed by atoms with Gasteiger partial charge in [0.2, 0.25) is 0 Å². The highest BCUT2D eigenvalue weighted by Crippen LogP contribution is 2.11. The van der Waals surface area contributed by atoms with Crippen LogP contribution in [0.2, 0.25) is 0 Å². The Morgan fingerprint density at radius 3 is 2.64 bits per heavy atom. The van der Waals surface area contributed by atoms with Crippen LogP contribution in [0.3, 0.4) is 0 Å². The van der Waals surface area contributed by atoms with E-state index in [1.165, 1.54) is 6.07 Å². The highest BCUT2D eigenvalue weighted by Gasteiger charge is 1.98. The zero-order valence-electron chi connectivity index (χ0n) is 7.24. The summed E-state index contributed by atoms with van der Waals surface area (Å²) in [6, 6.07) is 6.59. The SMILES string of the molecule is N#Cc1ccc(N)cc1C#CC(N)=O. The predicted molar refractivity (Wildman–Crippen MR) is 51.6 cm³/mol. The number of hydrogen-bond donors (Lipinski definition) is 2. The average Bonchev–Trinajstić information content (AvgIpc) is 2.15. The number of amides is 1. The lowest BCUT2D eigenvalue weighted by Crippen LogP contribution is -2.06. The minimum atomic E-state index is -0.740. The topological polar surface area (TPSA) is 92.9 Å². The normalized spacial score (nSPS) is 8.21. The summed E-state index contributed by atoms with van der Waals surface area (Å²) in [6.45, 7) is 0. The number of nitrogens with two attached hydrogens (primary N) is 2. The summed E-state index contributed by atoms with van der Waals surface area (Å²) in [5, 5.41) is 8.70. The highest BCUT2D eigenvalue weighted by atomic mass is 16.1. The molecule has 0 unspecified atom stereocenters. The summed E-state index contributed by atoms with van der Waals surface area (Å²) >= 11 is 0. The van der Waals surface area contributed by atoms with E-state index >= 15 is 0 Å². The molecule has 0 radical (unpaired) electrons. The number of carbonyl (C=O) groups is 1. The summed E-state index contributed by atoms with van der Waals surface area (Å²) in [6.07, 6.45) is 0. The summed E-state index contributed by atoms with van der Waals surface area (Å²) in [4.78, 5) is 10.4. The van der Waals surface area contributed by atoms with Crippen molar-refractivity contribution >= 4 is 11.6 Å². The van der Waals surface area contributed by atoms with Crippen LogP contribution in [0.25, 0.3) is 0 Å². The molecule has 14 heavy (non-hydrogen) atoms. The number of benzene rings is 1. The maximum atomic E-state index is 10.4. The van der Waals surface area contributed by atoms with Crippen LogP contribution in [0, 0.1) is 23.2 Å². The first kappa shape index (κ1) is 9.63. The third-order valence-electron chi connectivity index (χ3n) is 1.48. The van der Waals surface area contributed by atoms with Crippen LogP contribution in [0.5, 0.6) is 0 Å². The Hall–Kier alpha value is -2.46. The molecule has 0 aliphatic carbocycles. The predicted octanol–water partition coefficient (Wildman–Crippen LogP) is -0.0227. The Balaban J connectivity index is 3.21. The fourth-order valence-corrected chi connectivity index (χ4v) is 0.892. The van der Waals surface area contributed by atoms with Crippen molar-refractivity contribution in [3.8, 4) is 17.9 Å². The van der Waals surface area contributed by atoms with Gasteiger partial charge in [-0.15, -0.1) is 0 Å². The first-order valence-corrected chi connectivity index (χ1v) is 3.74. The quantitative estimate of drug-likeness (QED) is 0.439. The van der Waals surface area contributed by atoms with E-state index in [0.29, 0.717) is 16.8 Å². The van der Waals surface area contributed by atoms with Crippen molar-refractivity contribution in [2.24, 2.45) is 5.73 Å². The highest BCUT2D eigenvalue weighted by molar-refractivity contribution is 5.92. The van der Waals surface area contributed by atoms with Crippen molar-refractivity contribution in [3.63, 3.8) is 0 Å². The molecule has 1 aromatic rings. The second kappa shape index (κ2) is 3.97. The number of nitrogen functional groups attached to an aromatic ring is 1. The Labute approximate surface area is 81.1 Å². The molecule has 0 saturated heterocycles. The van der Waals surface area contributed by atoms with Crippen LogP contribution in [0.1, 0.15) is 11.1 Å². The summed E-state index contributed by atoms with van der Waals surface area (Å²) in [5.74, 6) is 3.88. The van der Waals surface area contributed by atoms with Gasteiger partial charge in [0.25, 0.3) is 5.91 Å². The third-order valence-corrected chi connectivity index (χ3v) is 1.48. The fraction of sp³-hybridized carbons (Fsp3) is 0. The first-order valence-electron chi connectivity index (χ1n) is 3.74. The second-order valence-electron chi connectivity index (χ2n) is 2.53. The van der Waals surface area contributed by atoms with Crippen molar-refractivity contribution in [3.05, 3.63) is 29.3 Å². The van der Waals surface area contributed by atoms with Crippen molar-refractivity contribution < 1.29 is 4.79 Å². The molecule has 0 aliphatic rings. The standard InChI is InChI=1S/C10H7N3O/c11-6-8-1-3-9(12)5-7(8)2-4-10(13)14/h1,3,5H,12H2,(H2,13,14). The lowest BCUT2D eigenvalue weighted by Gasteiger charge is -1.96. The largest absolute Gasteiger partial charge is 0.399 e. The molecule has 4 nitrogen and oxygen atoms in total. The Morgan fingerprint density at radius 2 is 2.07 bits per heavy atom. The van der Waals surface area contributed by atoms with Crippen molar-refractivity contribution in [2.75, 3.05) is 5.73 Å². The number of primary amides is 1. The third kappa shape index (κ3) is 2.26. The van der Waals surface area contributed by atoms with Gasteiger partial charge in [0.1, 0.15) is 6.07 Å². The summed E-state index contributed by atoms with van der Waals surface area (Å²) in [5.41, 5.74) is 11.6. The maximum absolute atomic E-state index is 10.4. The van der Waals surface area contributed by atoms with Crippen LogP contribution < -0.4 is 11.5 Å². The van der Waals surface area contributed by atoms with E-state index in [2.05, 4.69) is 11.8 Å². The van der Waals surface area contributed by atoms with Gasteiger partial charge in [-0.05, 0) is 18.2 Å². The molecule has 0 aromatic heterocycles. The monoisotopic (exact) mass is 185 g/mol. The second-order valence-corrected chi connectivity index (χ2v) is 2.53. The number of hydrogen-bond acceptors (Lipinski definition) is 3. The van der Waals surface area contributed by atoms with Crippen LogP contribution in [-0.4, -0.2) is 5.91 Å². The number of nitriles is 1. The fourth-order valence-electron chi connectivity index (χ4n) is 0.892. The molecule has 0 bridgehead atoms. The molecule has 0 aliphatic heterocycles. The molecular formula is C10H7N3O. The smallest absolute Gasteiger partial charge is 0.293 e. The lowest BCUT2D eigenvalue weighted by molar-refractivity contribution is -0.112. The van der Waals surface area contributed by atoms with Crippen molar-refractivity contribution in [1.82, 2.24) is 0 Å². The van der Waals surface area contributed by atoms with Gasteiger partial charge in [0.05, 0.1) is 5.56 Å². The van der Waals surface area contributed by atoms with Gasteiger partial charge in [-0.3, -0.25) is 4.79 Å². The van der Waals surface area contributed by atoms with E-state index in [0.717, 1.165) is 0 Å². The maximum Gasteiger partial charge on any atom is 0.293 e. The molecule has 4 N–H and O–H groups in total. The summed E-state index contributed by atoms with van der Waals surface area (Å²) < 4.78 is 0. The first-order chi connectivity index (χ1) is 6.63. The zero-order chi connectivity index (χ0) is 10.6. The van der Waals surface area contributed by atoms with Gasteiger partial charge >= 0.3 is 0 Å². The minimum Gasteiger partial charge on any atom is -0.399 e. The van der Waals surface area contributed by atoms with Crippen LogP contribution in [-0.2, 0) is 4.79 Å². The van der Waals surface area contributed by atoms with Gasteiger partial charge < -0.3 is 11.5 Å². The van der Waals surface area contributed by atoms with Gasteiger partial charge in [-0.2, -0.15) is 5.26 Å². The Bertz CT molecular complexity index is 474. The van der Waals surface area contributed by atoms with E-state index in [1.807, 2.05) is 6.07 Å². The Kier molecular flexibility index (Phi) is 2.73. The van der Waals surface area contributed by atoms with Crippen LogP contribution >= 0.6 is 0 Å². The number of nitrogens with zero attached hydrogens (tertiary/aromatic N) is 1. The van der Waals surface area contributed by atoms with Crippen LogP contribution in [0.15, 0.2) is 18.2 Å². The van der Waals surface area contributed by atoms with E-state index in [4.69, 9.17) is 16.7 Å². The molecule has 0 atom stereocenters. The minimum absolute atomic E-state index is 0.368. The van der Waals surface area contributed by atoms with E-state index in [9.17, 15) is 4.79 Å². The molecule has 0 fully saturated rings. The number of rotatable bonds is 0. The van der Waals surface area contributed by atoms with Gasteiger partial charge in [0, 0.05) is 17.2 Å². The molecular weight excluding hydrogens is 178 g/mol. The lowest BCUT2D eigenvalue weighted by atomic mass is 10.1. The van der Waals surface area contributed by atoms with Crippen molar-refractivity contribution in [1.29, 1.82) is 5.26 Å². The number of carbonyl (C=O) groups excluding carboxylic acids is 1. The van der Waals surface area contributed by atoms with Gasteiger partial charge in [0.15, 0.2) is 0 Å². The molecule has 4 heteroatoms. The average molecular weight is 185 g/mol. The molecule has 1 amide bonds. The number of anilines is 1. The molecule has 1 rings (SSSR count). The van der Waals surface area contributed by atoms with E-state index in [-0.39, 0.29) is 0 Å². The van der Waals surface area contributed by atoms with E-state index < -0.39 is 5.91 Å². The van der Waals surface area contributed by atoms with Crippen LogP contribution in [0.4, 0.5) is 5.69 Å². The molecule has 0 heterocycles. The molecule has 68 valence electrons. The Morgan fingerprint density at radius 1 is 1.36 bits per heavy atom. The zero-order valence-corrected chi connectivity index (χ0v) is 7.24. The van der Waals surface area contributed by atoms with Crippen molar-refractivity contribution in [2.45, 2.75) is 0 Å². The molecule has 0 spiro atoms. The van der Waals surface area contributed by atoms with Gasteiger partial charge in [-0.1, -0.05) is 5.92 Å².